The molecule has 5 atom stereocenters. The Labute approximate surface area is 160 Å². The van der Waals surface area contributed by atoms with Crippen molar-refractivity contribution in [3.8, 4) is 0 Å². The molecule has 0 unspecified atom stereocenters. The van der Waals surface area contributed by atoms with Crippen LogP contribution in [0.5, 0.6) is 0 Å². The Bertz CT molecular complexity index is 578. The average molecular weight is 405 g/mol. The molecule has 0 bridgehead atoms. The Morgan fingerprint density at radius 3 is 1.85 bits per heavy atom. The summed E-state index contributed by atoms with van der Waals surface area (Å²) in [7, 11) is 0. The number of rotatable bonds is 8. The van der Waals surface area contributed by atoms with Crippen LogP contribution in [0.1, 0.15) is 27.7 Å². The molecule has 0 N–H and O–H groups in total. The van der Waals surface area contributed by atoms with Gasteiger partial charge in [-0.3, -0.25) is 24.0 Å². The van der Waals surface area contributed by atoms with E-state index in [1.807, 2.05) is 0 Å². The number of carbonyl (C=O) groups excluding carboxylic acids is 5. The molecule has 1 radical (unpaired) electrons. The summed E-state index contributed by atoms with van der Waals surface area (Å²) in [6.07, 6.45) is -2.94. The Balaban J connectivity index is 3.24. The lowest BCUT2D eigenvalue weighted by molar-refractivity contribution is -0.237. The molecule has 1 fully saturated rings. The average Bonchev–Trinajstić information content (AvgIpc) is 2.54. The number of hydrogen-bond acceptors (Lipinski definition) is 11. The molecule has 1 rings (SSSR count). The van der Waals surface area contributed by atoms with Crippen LogP contribution in [0.4, 0.5) is 0 Å². The van der Waals surface area contributed by atoms with Crippen molar-refractivity contribution in [2.45, 2.75) is 57.5 Å². The van der Waals surface area contributed by atoms with Crippen LogP contribution in [-0.2, 0) is 47.7 Å². The molecule has 0 amide bonds. The quantitative estimate of drug-likeness (QED) is 0.396. The molecule has 1 aliphatic rings. The molecule has 0 aromatic carbocycles. The SMILES string of the molecule is CC(=O)OC[C@H]1O[C@@H](SC[C]=O)[C@H](OC(C)=O)[C@@H](OC(C)=O)[C@@H]1OC(C)=O. The maximum absolute atomic E-state index is 11.6. The second-order valence-electron chi connectivity index (χ2n) is 5.52. The van der Waals surface area contributed by atoms with Gasteiger partial charge in [-0.2, -0.15) is 0 Å². The predicted octanol–water partition coefficient (Wildman–Crippen LogP) is -0.0876. The second kappa shape index (κ2) is 10.9. The van der Waals surface area contributed by atoms with Gasteiger partial charge in [-0.1, -0.05) is 0 Å². The fourth-order valence-corrected chi connectivity index (χ4v) is 3.29. The minimum atomic E-state index is -1.23. The van der Waals surface area contributed by atoms with Crippen molar-refractivity contribution in [2.75, 3.05) is 12.4 Å². The zero-order chi connectivity index (χ0) is 20.6. The second-order valence-corrected chi connectivity index (χ2v) is 6.61. The zero-order valence-corrected chi connectivity index (χ0v) is 16.1. The highest BCUT2D eigenvalue weighted by Crippen LogP contribution is 2.34. The summed E-state index contributed by atoms with van der Waals surface area (Å²) in [5, 5.41) is 0. The number of carbonyl (C=O) groups is 4. The number of thioether (sulfide) groups is 1. The van der Waals surface area contributed by atoms with Crippen molar-refractivity contribution < 1.29 is 47.7 Å². The third-order valence-electron chi connectivity index (χ3n) is 3.25. The fourth-order valence-electron chi connectivity index (χ4n) is 2.44. The summed E-state index contributed by atoms with van der Waals surface area (Å²) in [4.78, 5) is 56.3. The van der Waals surface area contributed by atoms with Gasteiger partial charge in [0, 0.05) is 27.7 Å². The monoisotopic (exact) mass is 405 g/mol. The van der Waals surface area contributed by atoms with Gasteiger partial charge >= 0.3 is 23.9 Å². The first-order chi connectivity index (χ1) is 12.6. The topological polar surface area (TPSA) is 132 Å². The van der Waals surface area contributed by atoms with E-state index in [4.69, 9.17) is 23.7 Å². The maximum Gasteiger partial charge on any atom is 0.303 e. The van der Waals surface area contributed by atoms with E-state index in [9.17, 15) is 24.0 Å². The maximum atomic E-state index is 11.6. The van der Waals surface area contributed by atoms with Gasteiger partial charge in [0.15, 0.2) is 18.3 Å². The summed E-state index contributed by atoms with van der Waals surface area (Å²) in [6, 6.07) is 0. The molecular weight excluding hydrogens is 384 g/mol. The van der Waals surface area contributed by atoms with Crippen molar-refractivity contribution in [3.05, 3.63) is 0 Å². The van der Waals surface area contributed by atoms with E-state index >= 15 is 0 Å². The van der Waals surface area contributed by atoms with Crippen molar-refractivity contribution in [1.29, 1.82) is 0 Å². The van der Waals surface area contributed by atoms with Crippen LogP contribution >= 0.6 is 11.8 Å². The molecule has 0 saturated carbocycles. The van der Waals surface area contributed by atoms with Crippen LogP contribution in [-0.4, -0.2) is 72.4 Å². The Kier molecular flexibility index (Phi) is 9.22. The Hall–Kier alpha value is -2.14. The molecule has 0 aromatic rings. The molecule has 0 spiro atoms. The van der Waals surface area contributed by atoms with Crippen LogP contribution in [0.2, 0.25) is 0 Å². The fraction of sp³-hybridized carbons (Fsp3) is 0.688. The van der Waals surface area contributed by atoms with Crippen LogP contribution in [0, 0.1) is 0 Å². The van der Waals surface area contributed by atoms with Crippen molar-refractivity contribution in [1.82, 2.24) is 0 Å². The molecule has 27 heavy (non-hydrogen) atoms. The van der Waals surface area contributed by atoms with Crippen LogP contribution < -0.4 is 0 Å². The smallest absolute Gasteiger partial charge is 0.303 e. The standard InChI is InChI=1S/C16H21O10S/c1-8(18)22-7-12-13(23-9(2)19)14(24-10(3)20)15(25-11(4)21)16(26-12)27-6-5-17/h12-16H,6-7H2,1-4H3/t12-,13-,14+,15-,16+/m1/s1. The van der Waals surface area contributed by atoms with Gasteiger partial charge in [0.1, 0.15) is 18.1 Å². The van der Waals surface area contributed by atoms with Crippen molar-refractivity contribution in [3.63, 3.8) is 0 Å². The van der Waals surface area contributed by atoms with Crippen LogP contribution in [0.15, 0.2) is 0 Å². The summed E-state index contributed by atoms with van der Waals surface area (Å²) < 4.78 is 26.3. The largest absolute Gasteiger partial charge is 0.463 e. The van der Waals surface area contributed by atoms with Gasteiger partial charge in [-0.05, 0) is 0 Å². The number of ether oxygens (including phenoxy) is 5. The van der Waals surface area contributed by atoms with Crippen molar-refractivity contribution in [2.24, 2.45) is 0 Å². The molecule has 0 aliphatic carbocycles. The summed E-state index contributed by atoms with van der Waals surface area (Å²) >= 11 is 0.942. The molecular formula is C16H21O10S. The first-order valence-corrected chi connectivity index (χ1v) is 8.97. The summed E-state index contributed by atoms with van der Waals surface area (Å²) in [5.41, 5.74) is -0.952. The first kappa shape index (κ1) is 22.9. The van der Waals surface area contributed by atoms with Gasteiger partial charge in [0.2, 0.25) is 6.29 Å². The van der Waals surface area contributed by atoms with Gasteiger partial charge in [0.05, 0.1) is 5.75 Å². The van der Waals surface area contributed by atoms with E-state index in [-0.39, 0.29) is 12.4 Å². The summed E-state index contributed by atoms with van der Waals surface area (Å²) in [5.74, 6) is -2.83. The third-order valence-corrected chi connectivity index (χ3v) is 4.25. The van der Waals surface area contributed by atoms with E-state index in [2.05, 4.69) is 0 Å². The van der Waals surface area contributed by atoms with Crippen LogP contribution in [0.3, 0.4) is 0 Å². The molecule has 10 nitrogen and oxygen atoms in total. The number of esters is 4. The van der Waals surface area contributed by atoms with Gasteiger partial charge in [-0.25, -0.2) is 0 Å². The van der Waals surface area contributed by atoms with E-state index in [1.165, 1.54) is 6.92 Å². The zero-order valence-electron chi connectivity index (χ0n) is 15.3. The first-order valence-electron chi connectivity index (χ1n) is 7.92. The Morgan fingerprint density at radius 2 is 1.37 bits per heavy atom. The van der Waals surface area contributed by atoms with Gasteiger partial charge in [0.25, 0.3) is 0 Å². The lowest BCUT2D eigenvalue weighted by Crippen LogP contribution is -2.61. The van der Waals surface area contributed by atoms with Gasteiger partial charge in [-0.15, -0.1) is 11.8 Å². The lowest BCUT2D eigenvalue weighted by Gasteiger charge is -2.44. The minimum Gasteiger partial charge on any atom is -0.463 e. The molecule has 11 heteroatoms. The highest BCUT2D eigenvalue weighted by atomic mass is 32.2. The van der Waals surface area contributed by atoms with E-state index in [1.54, 1.807) is 6.29 Å². The molecule has 151 valence electrons. The van der Waals surface area contributed by atoms with E-state index in [0.717, 1.165) is 32.5 Å². The number of hydrogen-bond donors (Lipinski definition) is 0. The highest BCUT2D eigenvalue weighted by molar-refractivity contribution is 8.00. The third kappa shape index (κ3) is 7.55. The molecule has 1 saturated heterocycles. The molecule has 0 aromatic heterocycles. The highest BCUT2D eigenvalue weighted by Gasteiger charge is 2.52. The Morgan fingerprint density at radius 1 is 0.852 bits per heavy atom. The molecule has 1 heterocycles. The van der Waals surface area contributed by atoms with Crippen molar-refractivity contribution >= 4 is 41.9 Å². The van der Waals surface area contributed by atoms with E-state index < -0.39 is 53.7 Å². The van der Waals surface area contributed by atoms with E-state index in [0.29, 0.717) is 0 Å². The predicted molar refractivity (Wildman–Crippen MR) is 90.1 cm³/mol. The minimum absolute atomic E-state index is 0.117. The molecule has 1 aliphatic heterocycles. The lowest BCUT2D eigenvalue weighted by atomic mass is 9.99. The normalized spacial score (nSPS) is 27.2. The van der Waals surface area contributed by atoms with Gasteiger partial charge < -0.3 is 23.7 Å². The van der Waals surface area contributed by atoms with Crippen LogP contribution in [0.25, 0.3) is 0 Å². The summed E-state index contributed by atoms with van der Waals surface area (Å²) in [6.45, 7) is 4.29.